The van der Waals surface area contributed by atoms with Crippen LogP contribution in [-0.2, 0) is 37.9 Å². The number of hydrogen-bond donors (Lipinski definition) is 6. The monoisotopic (exact) mass is 1180 g/mol. The van der Waals surface area contributed by atoms with Gasteiger partial charge in [-0.25, -0.2) is 28.4 Å². The van der Waals surface area contributed by atoms with Gasteiger partial charge in [-0.05, 0) is 25.7 Å². The topological polar surface area (TPSA) is 195 Å². The SMILES string of the molecule is [CH2-]OCC(O)CCOCCCCCCCCOCCC(O)CO[CH2-].[CH2-]OCC(O)COCCO.[CH2-]OCC(O)COCCO.[Rf].[Rf]. The standard InChI is InChI=1S/C18H36O6.2C6H13O4.2Rf/c1-21-15-17(19)9-13-23-11-7-5-3-4-6-8-12-24-14-10-18(20)16-22-2;2*1-9-4-6(8)5-10-3-2-7;;/h17-20H,1-16H2;2*6-8H,1-5H2;;/q-2;2*-1;;. The van der Waals surface area contributed by atoms with Crippen LogP contribution in [0.5, 0.6) is 0 Å². The number of rotatable bonds is 31. The third-order valence-electron chi connectivity index (χ3n) is 5.35. The molecule has 6 N–H and O–H groups in total. The minimum absolute atomic E-state index is 0. The molecule has 16 heteroatoms. The van der Waals surface area contributed by atoms with Gasteiger partial charge in [0.05, 0.1) is 64.1 Å². The van der Waals surface area contributed by atoms with Gasteiger partial charge in [-0.1, -0.05) is 25.7 Å². The van der Waals surface area contributed by atoms with Crippen molar-refractivity contribution in [2.75, 3.05) is 92.5 Å². The van der Waals surface area contributed by atoms with E-state index in [9.17, 15) is 10.2 Å². The summed E-state index contributed by atoms with van der Waals surface area (Å²) >= 11 is 0. The van der Waals surface area contributed by atoms with Crippen molar-refractivity contribution >= 4 is 0 Å². The van der Waals surface area contributed by atoms with E-state index in [2.05, 4.69) is 47.4 Å². The zero-order valence-corrected chi connectivity index (χ0v) is 40.9. The Bertz CT molecular complexity index is 463. The van der Waals surface area contributed by atoms with Gasteiger partial charge in [-0.3, -0.25) is 0 Å². The largest absolute Gasteiger partial charge is 0.553 e. The number of aliphatic hydroxyl groups is 6. The van der Waals surface area contributed by atoms with Crippen LogP contribution in [-0.4, -0.2) is 148 Å². The van der Waals surface area contributed by atoms with Gasteiger partial charge < -0.3 is 68.5 Å². The first-order valence-corrected chi connectivity index (χ1v) is 15.1. The van der Waals surface area contributed by atoms with Gasteiger partial charge >= 0.3 is 0 Å². The van der Waals surface area contributed by atoms with Crippen molar-refractivity contribution in [2.45, 2.75) is 75.8 Å². The zero-order chi connectivity index (χ0) is 33.5. The Kier molecular flexibility index (Phi) is 53.9. The molecule has 0 saturated carbocycles. The molecule has 0 fully saturated rings. The van der Waals surface area contributed by atoms with Crippen molar-refractivity contribution in [3.05, 3.63) is 28.4 Å². The second kappa shape index (κ2) is 46.9. The van der Waals surface area contributed by atoms with Crippen molar-refractivity contribution in [1.29, 1.82) is 0 Å². The van der Waals surface area contributed by atoms with E-state index in [4.69, 9.17) is 39.4 Å². The summed E-state index contributed by atoms with van der Waals surface area (Å²) in [7, 11) is 12.6. The number of unbranched alkanes of at least 4 members (excludes halogenated alkanes) is 5. The Balaban J connectivity index is -0.000000211. The van der Waals surface area contributed by atoms with E-state index in [1.807, 2.05) is 0 Å². The molecule has 0 saturated heterocycles. The van der Waals surface area contributed by atoms with E-state index >= 15 is 0 Å². The fourth-order valence-electron chi connectivity index (χ4n) is 3.13. The van der Waals surface area contributed by atoms with Crippen LogP contribution in [0, 0.1) is 28.4 Å². The summed E-state index contributed by atoms with van der Waals surface area (Å²) < 4.78 is 38.5. The number of hydrogen-bond acceptors (Lipinski definition) is 14. The average molecular weight is 1180 g/mol. The molecule has 0 radical (unpaired) electrons. The number of ether oxygens (including phenoxy) is 8. The zero-order valence-electron chi connectivity index (χ0n) is 28.1. The third kappa shape index (κ3) is 51.0. The Labute approximate surface area is 265 Å². The van der Waals surface area contributed by atoms with E-state index in [-0.39, 0.29) is 66.1 Å². The van der Waals surface area contributed by atoms with Crippen LogP contribution in [0.2, 0.25) is 0 Å². The van der Waals surface area contributed by atoms with Crippen molar-refractivity contribution in [3.8, 4) is 0 Å². The molecule has 274 valence electrons. The van der Waals surface area contributed by atoms with Crippen LogP contribution in [0.1, 0.15) is 51.4 Å². The van der Waals surface area contributed by atoms with E-state index < -0.39 is 24.4 Å². The summed E-state index contributed by atoms with van der Waals surface area (Å²) in [6, 6.07) is 0. The summed E-state index contributed by atoms with van der Waals surface area (Å²) in [5, 5.41) is 53.1. The van der Waals surface area contributed by atoms with E-state index in [1.54, 1.807) is 0 Å². The van der Waals surface area contributed by atoms with E-state index in [0.717, 1.165) is 26.1 Å². The fraction of sp³-hybridized carbons (Fsp3) is 0.867. The Morgan fingerprint density at radius 3 is 0.978 bits per heavy atom. The minimum Gasteiger partial charge on any atom is -0.553 e. The first-order valence-electron chi connectivity index (χ1n) is 15.1. The average Bonchev–Trinajstić information content (AvgIpc) is 2.99. The molecule has 0 rings (SSSR count). The smallest absolute Gasteiger partial charge is 0.0976 e. The van der Waals surface area contributed by atoms with Gasteiger partial charge in [0.25, 0.3) is 0 Å². The molecular formula is C30H62O14Rf2-4. The Hall–Kier alpha value is -2.56. The van der Waals surface area contributed by atoms with Crippen LogP contribution in [0.15, 0.2) is 0 Å². The van der Waals surface area contributed by atoms with Crippen molar-refractivity contribution < 1.29 is 68.5 Å². The fourth-order valence-corrected chi connectivity index (χ4v) is 3.13. The predicted octanol–water partition coefficient (Wildman–Crippen LogP) is 0.807. The van der Waals surface area contributed by atoms with Crippen molar-refractivity contribution in [3.63, 3.8) is 0 Å². The van der Waals surface area contributed by atoms with Gasteiger partial charge in [0.1, 0.15) is 0 Å². The normalized spacial score (nSPS) is 13.2. The maximum absolute atomic E-state index is 9.40. The molecule has 0 aliphatic heterocycles. The van der Waals surface area contributed by atoms with Crippen LogP contribution in [0.25, 0.3) is 0 Å². The molecule has 46 heavy (non-hydrogen) atoms. The van der Waals surface area contributed by atoms with Crippen LogP contribution in [0.4, 0.5) is 0 Å². The Morgan fingerprint density at radius 1 is 0.370 bits per heavy atom. The molecule has 4 atom stereocenters. The van der Waals surface area contributed by atoms with Gasteiger partial charge in [-0.2, -0.15) is 0 Å². The molecule has 0 amide bonds. The molecule has 0 bridgehead atoms. The van der Waals surface area contributed by atoms with Gasteiger partial charge in [0, 0.05) is 52.9 Å². The second-order valence-electron chi connectivity index (χ2n) is 9.62. The van der Waals surface area contributed by atoms with Gasteiger partial charge in [0.15, 0.2) is 0 Å². The maximum Gasteiger partial charge on any atom is 0.0976 e. The van der Waals surface area contributed by atoms with Crippen LogP contribution >= 0.6 is 0 Å². The third-order valence-corrected chi connectivity index (χ3v) is 5.35. The summed E-state index contributed by atoms with van der Waals surface area (Å²) in [4.78, 5) is 0. The van der Waals surface area contributed by atoms with E-state index in [1.165, 1.54) is 25.7 Å². The molecule has 0 spiro atoms. The minimum atomic E-state index is -0.649. The molecular weight excluding hydrogens is 1120 g/mol. The molecule has 0 aromatic carbocycles. The molecule has 0 aromatic heterocycles. The van der Waals surface area contributed by atoms with E-state index in [0.29, 0.717) is 26.1 Å². The Morgan fingerprint density at radius 2 is 0.674 bits per heavy atom. The van der Waals surface area contributed by atoms with Gasteiger partial charge in [-0.15, -0.1) is 0 Å². The summed E-state index contributed by atoms with van der Waals surface area (Å²) in [6.45, 7) is 4.26. The van der Waals surface area contributed by atoms with Gasteiger partial charge in [0.2, 0.25) is 0 Å². The quantitative estimate of drug-likeness (QED) is 0.0422. The molecule has 0 aromatic rings. The first-order chi connectivity index (χ1) is 21.3. The van der Waals surface area contributed by atoms with Crippen LogP contribution < -0.4 is 0 Å². The van der Waals surface area contributed by atoms with Crippen LogP contribution in [0.3, 0.4) is 0 Å². The molecule has 4 unspecified atom stereocenters. The second-order valence-corrected chi connectivity index (χ2v) is 9.62. The van der Waals surface area contributed by atoms with Crippen molar-refractivity contribution in [1.82, 2.24) is 0 Å². The maximum atomic E-state index is 9.40. The molecule has 14 nitrogen and oxygen atoms in total. The molecule has 0 heterocycles. The number of aliphatic hydroxyl groups excluding tert-OH is 6. The molecule has 0 aliphatic carbocycles. The first kappa shape index (κ1) is 53.0. The predicted molar refractivity (Wildman–Crippen MR) is 164 cm³/mol. The summed E-state index contributed by atoms with van der Waals surface area (Å²) in [6.07, 6.45) is 5.80. The summed E-state index contributed by atoms with van der Waals surface area (Å²) in [5.41, 5.74) is 0. The van der Waals surface area contributed by atoms with Crippen molar-refractivity contribution in [2.24, 2.45) is 0 Å². The summed E-state index contributed by atoms with van der Waals surface area (Å²) in [5.74, 6) is 0. The molecule has 0 aliphatic rings.